The fourth-order valence-corrected chi connectivity index (χ4v) is 5.26. The van der Waals surface area contributed by atoms with Crippen LogP contribution in [0.3, 0.4) is 0 Å². The van der Waals surface area contributed by atoms with Gasteiger partial charge in [-0.1, -0.05) is 48.5 Å². The van der Waals surface area contributed by atoms with E-state index in [1.165, 1.54) is 0 Å². The lowest BCUT2D eigenvalue weighted by molar-refractivity contribution is -0.145. The maximum Gasteiger partial charge on any atom is 0.306 e. The highest BCUT2D eigenvalue weighted by molar-refractivity contribution is 8.01. The van der Waals surface area contributed by atoms with Gasteiger partial charge in [0.25, 0.3) is 0 Å². The molecule has 0 fully saturated rings. The fourth-order valence-electron chi connectivity index (χ4n) is 3.07. The number of esters is 1. The minimum absolute atomic E-state index is 0.00384. The minimum Gasteiger partial charge on any atom is -0.463 e. The summed E-state index contributed by atoms with van der Waals surface area (Å²) in [6.45, 7) is 15.9. The first-order valence-corrected chi connectivity index (χ1v) is 10.7. The molecule has 0 aliphatic rings. The molecule has 0 atom stereocenters. The summed E-state index contributed by atoms with van der Waals surface area (Å²) in [6, 6.07) is 0. The molecule has 164 valence electrons. The largest absolute Gasteiger partial charge is 0.463 e. The highest BCUT2D eigenvalue weighted by Gasteiger charge is 2.37. The molecule has 0 radical (unpaired) electrons. The second-order valence-electron chi connectivity index (χ2n) is 8.98. The maximum absolute atomic E-state index is 12.5. The third-order valence-electron chi connectivity index (χ3n) is 3.61. The quantitative estimate of drug-likeness (QED) is 0.267. The number of carbonyl (C=O) groups is 3. The molecular formula is C20H36ClNO5S. The van der Waals surface area contributed by atoms with E-state index in [0.29, 0.717) is 13.2 Å². The van der Waals surface area contributed by atoms with Gasteiger partial charge in [-0.05, 0) is 18.0 Å². The molecule has 8 heteroatoms. The van der Waals surface area contributed by atoms with Crippen LogP contribution in [0.5, 0.6) is 0 Å². The van der Waals surface area contributed by atoms with E-state index < -0.39 is 16.6 Å². The van der Waals surface area contributed by atoms with Gasteiger partial charge in [0.15, 0.2) is 0 Å². The van der Waals surface area contributed by atoms with Gasteiger partial charge in [0.2, 0.25) is 11.1 Å². The molecular weight excluding hydrogens is 402 g/mol. The molecule has 0 heterocycles. The van der Waals surface area contributed by atoms with Gasteiger partial charge in [-0.2, -0.15) is 0 Å². The van der Waals surface area contributed by atoms with Crippen molar-refractivity contribution in [3.63, 3.8) is 0 Å². The Morgan fingerprint density at radius 2 is 1.54 bits per heavy atom. The van der Waals surface area contributed by atoms with E-state index in [4.69, 9.17) is 21.1 Å². The van der Waals surface area contributed by atoms with Crippen LogP contribution in [0.2, 0.25) is 0 Å². The molecule has 0 aliphatic carbocycles. The first kappa shape index (κ1) is 27.2. The summed E-state index contributed by atoms with van der Waals surface area (Å²) in [4.78, 5) is 34.4. The Balaban J connectivity index is 4.04. The molecule has 0 rings (SSSR count). The summed E-state index contributed by atoms with van der Waals surface area (Å²) in [5, 5.41) is 2.34. The monoisotopic (exact) mass is 437 g/mol. The molecule has 0 aliphatic heterocycles. The number of nitrogens with one attached hydrogen (secondary N) is 1. The average Bonchev–Trinajstić information content (AvgIpc) is 2.47. The van der Waals surface area contributed by atoms with Crippen molar-refractivity contribution in [2.75, 3.05) is 26.4 Å². The number of hydrogen-bond donors (Lipinski definition) is 1. The van der Waals surface area contributed by atoms with Gasteiger partial charge in [-0.3, -0.25) is 14.4 Å². The van der Waals surface area contributed by atoms with Crippen LogP contribution in [0.25, 0.3) is 0 Å². The van der Waals surface area contributed by atoms with Crippen molar-refractivity contribution in [1.29, 1.82) is 0 Å². The van der Waals surface area contributed by atoms with E-state index in [0.717, 1.165) is 6.42 Å². The SMILES string of the molecule is CC(C)(C)SC(C)(C)CC(C)(C)C(=O)NCCOCCOC(=O)CCC(=O)Cl. The number of rotatable bonds is 13. The smallest absolute Gasteiger partial charge is 0.306 e. The summed E-state index contributed by atoms with van der Waals surface area (Å²) in [7, 11) is 0. The van der Waals surface area contributed by atoms with Crippen LogP contribution in [-0.4, -0.2) is 53.0 Å². The number of carbonyl (C=O) groups excluding carboxylic acids is 3. The Bertz CT molecular complexity index is 529. The average molecular weight is 438 g/mol. The van der Waals surface area contributed by atoms with Crippen LogP contribution in [0, 0.1) is 5.41 Å². The molecule has 6 nitrogen and oxygen atoms in total. The van der Waals surface area contributed by atoms with Crippen LogP contribution < -0.4 is 5.32 Å². The van der Waals surface area contributed by atoms with Gasteiger partial charge in [0.05, 0.1) is 19.6 Å². The Morgan fingerprint density at radius 1 is 0.929 bits per heavy atom. The van der Waals surface area contributed by atoms with Gasteiger partial charge in [-0.25, -0.2) is 0 Å². The van der Waals surface area contributed by atoms with Crippen LogP contribution in [0.15, 0.2) is 0 Å². The lowest BCUT2D eigenvalue weighted by Gasteiger charge is -2.37. The zero-order valence-electron chi connectivity index (χ0n) is 18.3. The lowest BCUT2D eigenvalue weighted by atomic mass is 9.82. The summed E-state index contributed by atoms with van der Waals surface area (Å²) >= 11 is 7.03. The van der Waals surface area contributed by atoms with Crippen molar-refractivity contribution >= 4 is 40.5 Å². The molecule has 0 aromatic rings. The van der Waals surface area contributed by atoms with Gasteiger partial charge >= 0.3 is 5.97 Å². The van der Waals surface area contributed by atoms with Gasteiger partial charge < -0.3 is 14.8 Å². The Labute approximate surface area is 178 Å². The summed E-state index contributed by atoms with van der Waals surface area (Å²) in [5.41, 5.74) is -0.489. The third-order valence-corrected chi connectivity index (χ3v) is 5.11. The fraction of sp³-hybridized carbons (Fsp3) is 0.850. The Kier molecular flexibility index (Phi) is 11.7. The highest BCUT2D eigenvalue weighted by Crippen LogP contribution is 2.43. The van der Waals surface area contributed by atoms with Crippen molar-refractivity contribution in [3.05, 3.63) is 0 Å². The van der Waals surface area contributed by atoms with Gasteiger partial charge in [-0.15, -0.1) is 11.8 Å². The Hall–Kier alpha value is -0.790. The third kappa shape index (κ3) is 14.2. The van der Waals surface area contributed by atoms with Gasteiger partial charge in [0, 0.05) is 27.9 Å². The molecule has 0 saturated carbocycles. The van der Waals surface area contributed by atoms with Crippen LogP contribution in [0.1, 0.15) is 67.7 Å². The minimum atomic E-state index is -0.563. The summed E-state index contributed by atoms with van der Waals surface area (Å²) in [6.07, 6.45) is 0.695. The van der Waals surface area contributed by atoms with Crippen molar-refractivity contribution in [2.45, 2.75) is 77.2 Å². The predicted octanol–water partition coefficient (Wildman–Crippen LogP) is 3.93. The van der Waals surface area contributed by atoms with E-state index in [9.17, 15) is 14.4 Å². The Morgan fingerprint density at radius 3 is 2.07 bits per heavy atom. The van der Waals surface area contributed by atoms with Crippen LogP contribution >= 0.6 is 23.4 Å². The molecule has 0 bridgehead atoms. The topological polar surface area (TPSA) is 81.7 Å². The molecule has 28 heavy (non-hydrogen) atoms. The maximum atomic E-state index is 12.5. The van der Waals surface area contributed by atoms with E-state index >= 15 is 0 Å². The first-order valence-electron chi connectivity index (χ1n) is 9.55. The van der Waals surface area contributed by atoms with Crippen molar-refractivity contribution in [2.24, 2.45) is 5.41 Å². The highest BCUT2D eigenvalue weighted by atomic mass is 35.5. The second kappa shape index (κ2) is 12.0. The van der Waals surface area contributed by atoms with E-state index in [1.54, 1.807) is 0 Å². The number of ether oxygens (including phenoxy) is 2. The lowest BCUT2D eigenvalue weighted by Crippen LogP contribution is -2.42. The van der Waals surface area contributed by atoms with Crippen LogP contribution in [-0.2, 0) is 23.9 Å². The molecule has 0 saturated heterocycles. The number of hydrogen-bond acceptors (Lipinski definition) is 6. The second-order valence-corrected chi connectivity index (χ2v) is 11.9. The van der Waals surface area contributed by atoms with Crippen molar-refractivity contribution in [1.82, 2.24) is 5.32 Å². The standard InChI is InChI=1S/C20H36ClNO5S/c1-18(2,3)28-20(6,7)14-19(4,5)17(25)22-10-11-26-12-13-27-16(24)9-8-15(21)23/h8-14H2,1-7H3,(H,22,25). The van der Waals surface area contributed by atoms with E-state index in [1.807, 2.05) is 25.6 Å². The summed E-state index contributed by atoms with van der Waals surface area (Å²) < 4.78 is 10.4. The predicted molar refractivity (Wildman–Crippen MR) is 115 cm³/mol. The normalized spacial score (nSPS) is 12.6. The zero-order valence-corrected chi connectivity index (χ0v) is 19.8. The van der Waals surface area contributed by atoms with Gasteiger partial charge in [0.1, 0.15) is 6.61 Å². The molecule has 0 aromatic heterocycles. The zero-order chi connectivity index (χ0) is 22.0. The number of amides is 1. The van der Waals surface area contributed by atoms with Crippen LogP contribution in [0.4, 0.5) is 0 Å². The van der Waals surface area contributed by atoms with E-state index in [-0.39, 0.29) is 41.5 Å². The van der Waals surface area contributed by atoms with E-state index in [2.05, 4.69) is 39.9 Å². The van der Waals surface area contributed by atoms with Crippen molar-refractivity contribution in [3.8, 4) is 0 Å². The molecule has 0 spiro atoms. The molecule has 0 unspecified atom stereocenters. The molecule has 1 N–H and O–H groups in total. The molecule has 0 aromatic carbocycles. The van der Waals surface area contributed by atoms with Crippen molar-refractivity contribution < 1.29 is 23.9 Å². The first-order chi connectivity index (χ1) is 12.6. The molecule has 1 amide bonds. The number of halogens is 1. The summed E-state index contributed by atoms with van der Waals surface area (Å²) in [5.74, 6) is -0.487. The number of thioether (sulfide) groups is 1.